The Morgan fingerprint density at radius 2 is 1.74 bits per heavy atom. The Morgan fingerprint density at radius 3 is 2.44 bits per heavy atom. The van der Waals surface area contributed by atoms with E-state index in [2.05, 4.69) is 5.32 Å². The van der Waals surface area contributed by atoms with Crippen molar-refractivity contribution in [2.75, 3.05) is 26.4 Å². The molecule has 0 radical (unpaired) electrons. The number of carbonyl (C=O) groups is 2. The van der Waals surface area contributed by atoms with Crippen molar-refractivity contribution in [3.05, 3.63) is 48.0 Å². The molecule has 3 rings (SSSR count). The van der Waals surface area contributed by atoms with E-state index < -0.39 is 21.6 Å². The molecule has 144 valence electrons. The number of hydrogen-bond acceptors (Lipinski definition) is 4. The van der Waals surface area contributed by atoms with Crippen LogP contribution in [0.2, 0.25) is 0 Å². The largest absolute Gasteiger partial charge is 0.325 e. The van der Waals surface area contributed by atoms with Crippen LogP contribution in [0.5, 0.6) is 0 Å². The minimum absolute atomic E-state index is 0.0537. The van der Waals surface area contributed by atoms with Gasteiger partial charge in [0.25, 0.3) is 5.91 Å². The number of amides is 3. The normalized spacial score (nSPS) is 20.5. The topological polar surface area (TPSA) is 86.8 Å². The van der Waals surface area contributed by atoms with Crippen LogP contribution in [0, 0.1) is 0 Å². The molecule has 1 heterocycles. The lowest BCUT2D eigenvalue weighted by Gasteiger charge is -2.24. The summed E-state index contributed by atoms with van der Waals surface area (Å²) in [5.74, 6) is -0.492. The van der Waals surface area contributed by atoms with Gasteiger partial charge in [0.1, 0.15) is 5.54 Å². The molecule has 8 heteroatoms. The fourth-order valence-electron chi connectivity index (χ4n) is 3.33. The number of benzene rings is 2. The zero-order valence-corrected chi connectivity index (χ0v) is 16.4. The smallest absolute Gasteiger partial charge is 0.319 e. The molecular weight excluding hydrogens is 366 g/mol. The van der Waals surface area contributed by atoms with Crippen LogP contribution in [0.3, 0.4) is 0 Å². The van der Waals surface area contributed by atoms with Gasteiger partial charge in [-0.1, -0.05) is 42.5 Å². The second-order valence-corrected chi connectivity index (χ2v) is 9.29. The van der Waals surface area contributed by atoms with Gasteiger partial charge < -0.3 is 5.32 Å². The maximum absolute atomic E-state index is 13.1. The molecule has 2 aromatic rings. The van der Waals surface area contributed by atoms with Gasteiger partial charge in [0, 0.05) is 20.6 Å². The highest BCUT2D eigenvalue weighted by Crippen LogP contribution is 2.33. The first-order valence-corrected chi connectivity index (χ1v) is 10.3. The maximum Gasteiger partial charge on any atom is 0.325 e. The van der Waals surface area contributed by atoms with E-state index in [1.54, 1.807) is 6.92 Å². The number of sulfonamides is 1. The lowest BCUT2D eigenvalue weighted by molar-refractivity contribution is -0.131. The van der Waals surface area contributed by atoms with Gasteiger partial charge in [-0.3, -0.25) is 9.69 Å². The third kappa shape index (κ3) is 3.42. The van der Waals surface area contributed by atoms with Gasteiger partial charge in [-0.05, 0) is 29.7 Å². The lowest BCUT2D eigenvalue weighted by Crippen LogP contribution is -2.41. The fourth-order valence-corrected chi connectivity index (χ4v) is 4.19. The van der Waals surface area contributed by atoms with E-state index in [0.29, 0.717) is 0 Å². The Morgan fingerprint density at radius 1 is 1.07 bits per heavy atom. The first-order chi connectivity index (χ1) is 12.7. The van der Waals surface area contributed by atoms with Crippen molar-refractivity contribution in [3.63, 3.8) is 0 Å². The van der Waals surface area contributed by atoms with Crippen molar-refractivity contribution in [1.82, 2.24) is 14.5 Å². The van der Waals surface area contributed by atoms with Crippen LogP contribution in [0.15, 0.2) is 42.5 Å². The van der Waals surface area contributed by atoms with E-state index in [1.807, 2.05) is 42.5 Å². The summed E-state index contributed by atoms with van der Waals surface area (Å²) in [5.41, 5.74) is -0.458. The standard InChI is InChI=1S/C19H23N3O4S/c1-19(16-11-6-9-14-8-4-5-10-15(14)16)17(23)22(18(24)20-19)12-7-13-27(25,26)21(2)3/h4-6,8-11H,7,12-13H2,1-3H3,(H,20,24). The Kier molecular flexibility index (Phi) is 4.96. The molecular formula is C19H23N3O4S. The van der Waals surface area contributed by atoms with Crippen LogP contribution in [0.25, 0.3) is 10.8 Å². The van der Waals surface area contributed by atoms with E-state index in [0.717, 1.165) is 25.5 Å². The summed E-state index contributed by atoms with van der Waals surface area (Å²) in [5, 5.41) is 4.66. The Bertz CT molecular complexity index is 998. The number of rotatable bonds is 6. The lowest BCUT2D eigenvalue weighted by atomic mass is 9.88. The van der Waals surface area contributed by atoms with Crippen molar-refractivity contribution in [3.8, 4) is 0 Å². The van der Waals surface area contributed by atoms with Crippen molar-refractivity contribution >= 4 is 32.7 Å². The van der Waals surface area contributed by atoms with Crippen LogP contribution in [-0.2, 0) is 20.4 Å². The van der Waals surface area contributed by atoms with Crippen molar-refractivity contribution in [1.29, 1.82) is 0 Å². The predicted molar refractivity (Wildman–Crippen MR) is 104 cm³/mol. The molecule has 1 unspecified atom stereocenters. The highest BCUT2D eigenvalue weighted by molar-refractivity contribution is 7.89. The van der Waals surface area contributed by atoms with E-state index in [9.17, 15) is 18.0 Å². The van der Waals surface area contributed by atoms with Gasteiger partial charge in [-0.2, -0.15) is 0 Å². The first kappa shape index (κ1) is 19.3. The van der Waals surface area contributed by atoms with Crippen molar-refractivity contribution < 1.29 is 18.0 Å². The number of imide groups is 1. The van der Waals surface area contributed by atoms with Gasteiger partial charge >= 0.3 is 6.03 Å². The predicted octanol–water partition coefficient (Wildman–Crippen LogP) is 1.89. The van der Waals surface area contributed by atoms with Gasteiger partial charge in [0.15, 0.2) is 0 Å². The molecule has 0 aliphatic carbocycles. The SMILES string of the molecule is CN(C)S(=O)(=O)CCCN1C(=O)NC(C)(c2cccc3ccccc23)C1=O. The van der Waals surface area contributed by atoms with E-state index in [1.165, 1.54) is 14.1 Å². The zero-order chi connectivity index (χ0) is 19.8. The molecule has 1 N–H and O–H groups in total. The van der Waals surface area contributed by atoms with Gasteiger partial charge in [0.05, 0.1) is 5.75 Å². The summed E-state index contributed by atoms with van der Waals surface area (Å²) in [6.07, 6.45) is 0.186. The highest BCUT2D eigenvalue weighted by Gasteiger charge is 2.49. The van der Waals surface area contributed by atoms with Crippen LogP contribution < -0.4 is 5.32 Å². The van der Waals surface area contributed by atoms with E-state index in [-0.39, 0.29) is 24.6 Å². The average Bonchev–Trinajstić information content (AvgIpc) is 2.85. The first-order valence-electron chi connectivity index (χ1n) is 8.69. The van der Waals surface area contributed by atoms with Crippen LogP contribution in [-0.4, -0.2) is 56.0 Å². The number of nitrogens with one attached hydrogen (secondary N) is 1. The molecule has 2 aromatic carbocycles. The van der Waals surface area contributed by atoms with Gasteiger partial charge in [0.2, 0.25) is 10.0 Å². The number of hydrogen-bond donors (Lipinski definition) is 1. The molecule has 1 fully saturated rings. The van der Waals surface area contributed by atoms with Crippen LogP contribution >= 0.6 is 0 Å². The third-order valence-corrected chi connectivity index (χ3v) is 6.86. The second-order valence-electron chi connectivity index (χ2n) is 6.99. The molecule has 27 heavy (non-hydrogen) atoms. The maximum atomic E-state index is 13.1. The second kappa shape index (κ2) is 6.94. The summed E-state index contributed by atoms with van der Waals surface area (Å²) in [7, 11) is -0.453. The molecule has 7 nitrogen and oxygen atoms in total. The fraction of sp³-hybridized carbons (Fsp3) is 0.368. The highest BCUT2D eigenvalue weighted by atomic mass is 32.2. The minimum Gasteiger partial charge on any atom is -0.319 e. The number of urea groups is 1. The minimum atomic E-state index is -3.37. The summed E-state index contributed by atoms with van der Waals surface area (Å²) in [6.45, 7) is 1.74. The molecule has 1 saturated heterocycles. The number of carbonyl (C=O) groups excluding carboxylic acids is 2. The van der Waals surface area contributed by atoms with E-state index >= 15 is 0 Å². The van der Waals surface area contributed by atoms with Crippen LogP contribution in [0.1, 0.15) is 18.9 Å². The molecule has 0 bridgehead atoms. The Hall–Kier alpha value is -2.45. The van der Waals surface area contributed by atoms with Crippen molar-refractivity contribution in [2.24, 2.45) is 0 Å². The summed E-state index contributed by atoms with van der Waals surface area (Å²) in [6, 6.07) is 12.8. The Balaban J connectivity index is 1.84. The van der Waals surface area contributed by atoms with E-state index in [4.69, 9.17) is 0 Å². The number of nitrogens with zero attached hydrogens (tertiary/aromatic N) is 2. The molecule has 0 spiro atoms. The zero-order valence-electron chi connectivity index (χ0n) is 15.6. The van der Waals surface area contributed by atoms with Crippen molar-refractivity contribution in [2.45, 2.75) is 18.9 Å². The van der Waals surface area contributed by atoms with Crippen LogP contribution in [0.4, 0.5) is 4.79 Å². The summed E-state index contributed by atoms with van der Waals surface area (Å²) < 4.78 is 24.9. The molecule has 0 saturated carbocycles. The molecule has 3 amide bonds. The third-order valence-electron chi connectivity index (χ3n) is 4.94. The molecule has 1 aliphatic heterocycles. The molecule has 0 aromatic heterocycles. The average molecular weight is 389 g/mol. The van der Waals surface area contributed by atoms with Gasteiger partial charge in [-0.15, -0.1) is 0 Å². The quantitative estimate of drug-likeness (QED) is 0.765. The number of fused-ring (bicyclic) bond motifs is 1. The summed E-state index contributed by atoms with van der Waals surface area (Å²) >= 11 is 0. The molecule has 1 aliphatic rings. The Labute approximate surface area is 159 Å². The van der Waals surface area contributed by atoms with Gasteiger partial charge in [-0.25, -0.2) is 17.5 Å². The molecule has 1 atom stereocenters. The summed E-state index contributed by atoms with van der Waals surface area (Å²) in [4.78, 5) is 26.6. The monoisotopic (exact) mass is 389 g/mol.